The Labute approximate surface area is 116 Å². The molecule has 0 radical (unpaired) electrons. The van der Waals surface area contributed by atoms with Crippen molar-refractivity contribution in [1.82, 2.24) is 4.98 Å². The Kier molecular flexibility index (Phi) is 5.47. The van der Waals surface area contributed by atoms with Gasteiger partial charge in [-0.05, 0) is 18.6 Å². The summed E-state index contributed by atoms with van der Waals surface area (Å²) >= 11 is 0. The maximum atomic E-state index is 11.4. The number of anilines is 1. The first-order chi connectivity index (χ1) is 9.53. The largest absolute Gasteiger partial charge is 0.468 e. The van der Waals surface area contributed by atoms with Gasteiger partial charge in [-0.3, -0.25) is 9.59 Å². The smallest absolute Gasteiger partial charge is 0.325 e. The summed E-state index contributed by atoms with van der Waals surface area (Å²) < 4.78 is 9.16. The summed E-state index contributed by atoms with van der Waals surface area (Å²) in [5.41, 5.74) is 1.01. The second kappa shape index (κ2) is 7.09. The van der Waals surface area contributed by atoms with Crippen LogP contribution in [-0.2, 0) is 19.1 Å². The Bertz CT molecular complexity index is 533. The summed E-state index contributed by atoms with van der Waals surface area (Å²) in [6.45, 7) is 1.35. The van der Waals surface area contributed by atoms with Crippen molar-refractivity contribution in [3.8, 4) is 6.07 Å². The highest BCUT2D eigenvalue weighted by Crippen LogP contribution is 2.19. The number of nitrogens with zero attached hydrogens (tertiary/aromatic N) is 3. The van der Waals surface area contributed by atoms with Crippen molar-refractivity contribution >= 4 is 17.8 Å². The quantitative estimate of drug-likeness (QED) is 0.720. The van der Waals surface area contributed by atoms with Crippen molar-refractivity contribution in [3.63, 3.8) is 0 Å². The van der Waals surface area contributed by atoms with Crippen LogP contribution >= 0.6 is 0 Å². The van der Waals surface area contributed by atoms with Gasteiger partial charge in [0.05, 0.1) is 19.8 Å². The fourth-order valence-electron chi connectivity index (χ4n) is 1.57. The average molecular weight is 277 g/mol. The molecule has 0 amide bonds. The fourth-order valence-corrected chi connectivity index (χ4v) is 1.57. The molecule has 0 atom stereocenters. The highest BCUT2D eigenvalue weighted by molar-refractivity contribution is 5.81. The van der Waals surface area contributed by atoms with Crippen LogP contribution in [0.15, 0.2) is 12.3 Å². The highest BCUT2D eigenvalue weighted by atomic mass is 16.5. The topological polar surface area (TPSA) is 92.5 Å². The van der Waals surface area contributed by atoms with Gasteiger partial charge in [0.15, 0.2) is 0 Å². The molecule has 0 bridgehead atoms. The molecule has 0 unspecified atom stereocenters. The van der Waals surface area contributed by atoms with E-state index in [1.54, 1.807) is 13.0 Å². The maximum absolute atomic E-state index is 11.4. The predicted octanol–water partition coefficient (Wildman–Crippen LogP) is 0.414. The van der Waals surface area contributed by atoms with E-state index in [1.165, 1.54) is 25.3 Å². The zero-order valence-electron chi connectivity index (χ0n) is 11.5. The molecule has 0 aliphatic rings. The van der Waals surface area contributed by atoms with Gasteiger partial charge in [0.25, 0.3) is 0 Å². The highest BCUT2D eigenvalue weighted by Gasteiger charge is 2.20. The van der Waals surface area contributed by atoms with Crippen LogP contribution in [0.1, 0.15) is 11.1 Å². The van der Waals surface area contributed by atoms with Crippen LogP contribution in [-0.4, -0.2) is 44.2 Å². The van der Waals surface area contributed by atoms with Gasteiger partial charge in [0.1, 0.15) is 25.0 Å². The number of aryl methyl sites for hydroxylation is 1. The number of rotatable bonds is 5. The summed E-state index contributed by atoms with van der Waals surface area (Å²) in [6, 6.07) is 3.70. The number of esters is 2. The van der Waals surface area contributed by atoms with Gasteiger partial charge in [-0.1, -0.05) is 0 Å². The molecule has 0 spiro atoms. The molecule has 1 rings (SSSR count). The molecule has 20 heavy (non-hydrogen) atoms. The minimum atomic E-state index is -0.541. The number of ether oxygens (including phenoxy) is 2. The number of methoxy groups -OCH3 is 2. The first-order valence-corrected chi connectivity index (χ1v) is 5.77. The zero-order valence-corrected chi connectivity index (χ0v) is 11.5. The molecule has 0 saturated carbocycles. The zero-order chi connectivity index (χ0) is 15.1. The fraction of sp³-hybridized carbons (Fsp3) is 0.385. The van der Waals surface area contributed by atoms with E-state index in [4.69, 9.17) is 0 Å². The molecule has 0 aliphatic carbocycles. The van der Waals surface area contributed by atoms with Crippen molar-refractivity contribution in [1.29, 1.82) is 5.26 Å². The molecule has 7 heteroatoms. The minimum Gasteiger partial charge on any atom is -0.468 e. The third-order valence-electron chi connectivity index (χ3n) is 2.65. The van der Waals surface area contributed by atoms with Crippen molar-refractivity contribution in [2.24, 2.45) is 0 Å². The van der Waals surface area contributed by atoms with Crippen LogP contribution in [0.5, 0.6) is 0 Å². The van der Waals surface area contributed by atoms with Crippen LogP contribution < -0.4 is 4.90 Å². The lowest BCUT2D eigenvalue weighted by molar-refractivity contribution is -0.140. The lowest BCUT2D eigenvalue weighted by atomic mass is 10.1. The molecule has 7 nitrogen and oxygen atoms in total. The maximum Gasteiger partial charge on any atom is 0.325 e. The number of nitriles is 1. The lowest BCUT2D eigenvalue weighted by Crippen LogP contribution is -2.36. The van der Waals surface area contributed by atoms with E-state index >= 15 is 0 Å². The van der Waals surface area contributed by atoms with Gasteiger partial charge in [-0.25, -0.2) is 4.98 Å². The van der Waals surface area contributed by atoms with Gasteiger partial charge >= 0.3 is 11.9 Å². The van der Waals surface area contributed by atoms with Crippen molar-refractivity contribution in [3.05, 3.63) is 23.4 Å². The Balaban J connectivity index is 3.16. The lowest BCUT2D eigenvalue weighted by Gasteiger charge is -2.22. The van der Waals surface area contributed by atoms with E-state index in [0.717, 1.165) is 0 Å². The summed E-state index contributed by atoms with van der Waals surface area (Å²) in [7, 11) is 2.49. The second-order valence-corrected chi connectivity index (χ2v) is 3.95. The minimum absolute atomic E-state index is 0.198. The Morgan fingerprint density at radius 1 is 1.30 bits per heavy atom. The van der Waals surface area contributed by atoms with Crippen molar-refractivity contribution < 1.29 is 19.1 Å². The number of carbonyl (C=O) groups is 2. The van der Waals surface area contributed by atoms with Crippen LogP contribution in [0.3, 0.4) is 0 Å². The SMILES string of the molecule is COC(=O)CN(CC(=O)OC)c1nccc(C)c1C#N. The molecule has 106 valence electrons. The molecular formula is C13H15N3O4. The number of carbonyl (C=O) groups excluding carboxylic acids is 2. The van der Waals surface area contributed by atoms with Gasteiger partial charge in [-0.15, -0.1) is 0 Å². The molecule has 1 aromatic rings. The molecule has 0 N–H and O–H groups in total. The standard InChI is InChI=1S/C13H15N3O4/c1-9-4-5-15-13(10(9)6-14)16(7-11(17)19-2)8-12(18)20-3/h4-5H,7-8H2,1-3H3. The predicted molar refractivity (Wildman–Crippen MR) is 69.9 cm³/mol. The van der Waals surface area contributed by atoms with Crippen LogP contribution in [0.25, 0.3) is 0 Å². The number of hydrogen-bond acceptors (Lipinski definition) is 7. The van der Waals surface area contributed by atoms with E-state index < -0.39 is 11.9 Å². The van der Waals surface area contributed by atoms with Gasteiger partial charge < -0.3 is 14.4 Å². The molecule has 0 saturated heterocycles. The summed E-state index contributed by atoms with van der Waals surface area (Å²) in [5.74, 6) is -0.828. The van der Waals surface area contributed by atoms with E-state index in [0.29, 0.717) is 11.1 Å². The Hall–Kier alpha value is -2.62. The average Bonchev–Trinajstić information content (AvgIpc) is 2.45. The number of hydrogen-bond donors (Lipinski definition) is 0. The van der Waals surface area contributed by atoms with E-state index in [9.17, 15) is 14.9 Å². The molecule has 1 heterocycles. The number of aromatic nitrogens is 1. The second-order valence-electron chi connectivity index (χ2n) is 3.95. The van der Waals surface area contributed by atoms with Crippen molar-refractivity contribution in [2.75, 3.05) is 32.2 Å². The molecule has 0 fully saturated rings. The monoisotopic (exact) mass is 277 g/mol. The Morgan fingerprint density at radius 3 is 2.30 bits per heavy atom. The summed E-state index contributed by atoms with van der Waals surface area (Å²) in [5, 5.41) is 9.18. The molecule has 1 aromatic heterocycles. The van der Waals surface area contributed by atoms with E-state index in [2.05, 4.69) is 14.5 Å². The molecule has 0 aromatic carbocycles. The summed E-state index contributed by atoms with van der Waals surface area (Å²) in [6.07, 6.45) is 1.51. The molecular weight excluding hydrogens is 262 g/mol. The first-order valence-electron chi connectivity index (χ1n) is 5.77. The van der Waals surface area contributed by atoms with E-state index in [1.807, 2.05) is 6.07 Å². The van der Waals surface area contributed by atoms with Gasteiger partial charge in [-0.2, -0.15) is 5.26 Å². The third-order valence-corrected chi connectivity index (χ3v) is 2.65. The molecule has 0 aliphatic heterocycles. The number of pyridine rings is 1. The van der Waals surface area contributed by atoms with E-state index in [-0.39, 0.29) is 18.9 Å². The first kappa shape index (κ1) is 15.4. The normalized spacial score (nSPS) is 9.50. The van der Waals surface area contributed by atoms with Crippen molar-refractivity contribution in [2.45, 2.75) is 6.92 Å². The third kappa shape index (κ3) is 3.68. The van der Waals surface area contributed by atoms with Gasteiger partial charge in [0, 0.05) is 6.20 Å². The summed E-state index contributed by atoms with van der Waals surface area (Å²) in [4.78, 5) is 28.3. The Morgan fingerprint density at radius 2 is 1.85 bits per heavy atom. The van der Waals surface area contributed by atoms with Gasteiger partial charge in [0.2, 0.25) is 0 Å². The van der Waals surface area contributed by atoms with Crippen LogP contribution in [0.2, 0.25) is 0 Å². The van der Waals surface area contributed by atoms with Crippen LogP contribution in [0.4, 0.5) is 5.82 Å². The van der Waals surface area contributed by atoms with Crippen LogP contribution in [0, 0.1) is 18.3 Å².